The van der Waals surface area contributed by atoms with Crippen LogP contribution in [0.2, 0.25) is 0 Å². The van der Waals surface area contributed by atoms with Gasteiger partial charge in [0, 0.05) is 0 Å². The van der Waals surface area contributed by atoms with E-state index in [2.05, 4.69) is 10.6 Å². The van der Waals surface area contributed by atoms with Crippen LogP contribution in [-0.2, 0) is 16.8 Å². The molecule has 0 saturated carbocycles. The van der Waals surface area contributed by atoms with Crippen molar-refractivity contribution in [2.45, 2.75) is 0 Å². The number of halogens is 1. The second-order valence-corrected chi connectivity index (χ2v) is 2.09. The molecule has 0 atom stereocenters. The smallest absolute Gasteiger partial charge is 1.00 e. The Morgan fingerprint density at radius 1 is 0.938 bits per heavy atom. The molecule has 0 bridgehead atoms. The average Bonchev–Trinajstić information content (AvgIpc) is 2.10. The van der Waals surface area contributed by atoms with Crippen molar-refractivity contribution in [1.82, 2.24) is 0 Å². The Balaban J connectivity index is -0.000000105. The summed E-state index contributed by atoms with van der Waals surface area (Å²) in [5, 5.41) is 24.7. The number of nitrogens with zero attached hydrogens (tertiary/aromatic N) is 2. The van der Waals surface area contributed by atoms with Gasteiger partial charge in [-0.15, -0.1) is 0 Å². The summed E-state index contributed by atoms with van der Waals surface area (Å²) in [6.45, 7) is 3.43. The quantitative estimate of drug-likeness (QED) is 0.448. The predicted octanol–water partition coefficient (Wildman–Crippen LogP) is -3.61. The van der Waals surface area contributed by atoms with Crippen LogP contribution in [0.3, 0.4) is 0 Å². The van der Waals surface area contributed by atoms with Crippen LogP contribution in [0.25, 0.3) is 22.1 Å². The van der Waals surface area contributed by atoms with Crippen LogP contribution < -0.4 is 22.6 Å². The van der Waals surface area contributed by atoms with Crippen LogP contribution in [0.1, 0.15) is 0 Å². The van der Waals surface area contributed by atoms with E-state index in [4.69, 9.17) is 26.5 Å². The molecule has 0 spiro atoms. The summed E-state index contributed by atoms with van der Waals surface area (Å²) in [6, 6.07) is 0. The van der Waals surface area contributed by atoms with E-state index in [1.54, 1.807) is 0 Å². The molecule has 9 heteroatoms. The maximum Gasteiger partial charge on any atom is 3.00 e. The third-order valence-electron chi connectivity index (χ3n) is 0.956. The summed E-state index contributed by atoms with van der Waals surface area (Å²) < 4.78 is 0. The van der Waals surface area contributed by atoms with Gasteiger partial charge in [-0.1, -0.05) is 0 Å². The second kappa shape index (κ2) is 24.2. The van der Waals surface area contributed by atoms with Gasteiger partial charge in [0.2, 0.25) is 0 Å². The summed E-state index contributed by atoms with van der Waals surface area (Å²) in [7, 11) is 0. The molecule has 2 N–H and O–H groups in total. The standard InChI is InChI=1S/C6H14N4.CH2O3.ClH.Co/c7-1-3-9-5-6-10-4-2-8;2-1(3)4;;/h7-8H,1-6H2;(H2,2,3,4);1H;/q-4;;;+3/p-3. The summed E-state index contributed by atoms with van der Waals surface area (Å²) >= 11 is 0. The van der Waals surface area contributed by atoms with E-state index in [0.29, 0.717) is 26.2 Å². The van der Waals surface area contributed by atoms with Crippen LogP contribution in [-0.4, -0.2) is 45.4 Å². The summed E-state index contributed by atoms with van der Waals surface area (Å²) in [5.41, 5.74) is 13.5. The SMILES string of the molecule is O=C([O-])[O-].[Cl-].[Co+3].[NH-]CC[N-]CC[N-]CC[NH-]. The second-order valence-electron chi connectivity index (χ2n) is 2.09. The summed E-state index contributed by atoms with van der Waals surface area (Å²) in [6.07, 6.45) is -2.33. The van der Waals surface area contributed by atoms with E-state index in [9.17, 15) is 0 Å². The molecule has 16 heavy (non-hydrogen) atoms. The molecule has 0 aromatic carbocycles. The molecule has 0 rings (SSSR count). The normalized spacial score (nSPS) is 7.88. The molecule has 0 radical (unpaired) electrons. The molecule has 0 heterocycles. The van der Waals surface area contributed by atoms with Gasteiger partial charge in [-0.2, -0.15) is 39.3 Å². The fourth-order valence-electron chi connectivity index (χ4n) is 0.523. The van der Waals surface area contributed by atoms with Crippen LogP contribution in [0.5, 0.6) is 0 Å². The van der Waals surface area contributed by atoms with E-state index in [1.807, 2.05) is 0 Å². The van der Waals surface area contributed by atoms with Crippen molar-refractivity contribution in [2.24, 2.45) is 0 Å². The number of hydrogen-bond acceptors (Lipinski definition) is 3. The van der Waals surface area contributed by atoms with Gasteiger partial charge in [-0.25, -0.2) is 0 Å². The van der Waals surface area contributed by atoms with Crippen LogP contribution in [0, 0.1) is 0 Å². The molecule has 0 fully saturated rings. The Labute approximate surface area is 112 Å². The zero-order valence-corrected chi connectivity index (χ0v) is 10.4. The number of nitrogens with one attached hydrogen (secondary N) is 2. The van der Waals surface area contributed by atoms with Gasteiger partial charge >= 0.3 is 16.8 Å². The molecule has 0 aliphatic heterocycles. The van der Waals surface area contributed by atoms with Gasteiger partial charge < -0.3 is 49.5 Å². The van der Waals surface area contributed by atoms with E-state index < -0.39 is 6.16 Å². The van der Waals surface area contributed by atoms with Crippen molar-refractivity contribution in [2.75, 3.05) is 39.3 Å². The molecular formula is C7H14ClCoN4O3-4. The predicted molar refractivity (Wildman–Crippen MR) is 50.0 cm³/mol. The number of hydrogen-bond donors (Lipinski definition) is 0. The van der Waals surface area contributed by atoms with E-state index in [-0.39, 0.29) is 29.2 Å². The van der Waals surface area contributed by atoms with Crippen molar-refractivity contribution >= 4 is 6.16 Å². The molecule has 7 nitrogen and oxygen atoms in total. The minimum Gasteiger partial charge on any atom is -1.00 e. The Bertz CT molecular complexity index is 122. The first-order valence-electron chi connectivity index (χ1n) is 4.08. The maximum absolute atomic E-state index is 8.33. The molecule has 0 aliphatic rings. The number of rotatable bonds is 7. The Morgan fingerprint density at radius 3 is 1.38 bits per heavy atom. The molecule has 0 aromatic rings. The molecule has 0 unspecified atom stereocenters. The molecule has 0 aromatic heterocycles. The van der Waals surface area contributed by atoms with E-state index >= 15 is 0 Å². The largest absolute Gasteiger partial charge is 3.00 e. The number of carboxylic acid groups (broad SMARTS) is 2. The number of carbonyl (C=O) groups excluding carboxylic acids is 1. The molecule has 100 valence electrons. The molecule has 0 aliphatic carbocycles. The summed E-state index contributed by atoms with van der Waals surface area (Å²) in [5.74, 6) is 0. The van der Waals surface area contributed by atoms with Crippen LogP contribution in [0.4, 0.5) is 4.79 Å². The van der Waals surface area contributed by atoms with Gasteiger partial charge in [-0.3, -0.25) is 0 Å². The van der Waals surface area contributed by atoms with Gasteiger partial charge in [0.05, 0.1) is 0 Å². The Hall–Kier alpha value is -0.0935. The van der Waals surface area contributed by atoms with Crippen LogP contribution >= 0.6 is 0 Å². The Kier molecular flexibility index (Phi) is 37.8. The van der Waals surface area contributed by atoms with Crippen molar-refractivity contribution in [1.29, 1.82) is 0 Å². The zero-order chi connectivity index (χ0) is 11.2. The van der Waals surface area contributed by atoms with Crippen LogP contribution in [0.15, 0.2) is 0 Å². The van der Waals surface area contributed by atoms with Crippen molar-refractivity contribution in [3.63, 3.8) is 0 Å². The zero-order valence-electron chi connectivity index (χ0n) is 8.57. The fraction of sp³-hybridized carbons (Fsp3) is 0.857. The van der Waals surface area contributed by atoms with Crippen molar-refractivity contribution < 1.29 is 44.2 Å². The minimum absolute atomic E-state index is 0. The van der Waals surface area contributed by atoms with Gasteiger partial charge in [0.25, 0.3) is 0 Å². The molecule has 0 saturated heterocycles. The monoisotopic (exact) mass is 296 g/mol. The minimum atomic E-state index is -2.33. The molecule has 0 amide bonds. The summed E-state index contributed by atoms with van der Waals surface area (Å²) in [4.78, 5) is 8.33. The van der Waals surface area contributed by atoms with Gasteiger partial charge in [-0.05, 0) is 6.16 Å². The average molecular weight is 297 g/mol. The first-order valence-corrected chi connectivity index (χ1v) is 4.08. The topological polar surface area (TPSA) is 139 Å². The van der Waals surface area contributed by atoms with Crippen molar-refractivity contribution in [3.05, 3.63) is 22.1 Å². The molecular weight excluding hydrogens is 282 g/mol. The first-order chi connectivity index (χ1) is 6.65. The number of carbonyl (C=O) groups is 1. The van der Waals surface area contributed by atoms with E-state index in [1.165, 1.54) is 0 Å². The van der Waals surface area contributed by atoms with Crippen molar-refractivity contribution in [3.8, 4) is 0 Å². The first kappa shape index (κ1) is 24.9. The third kappa shape index (κ3) is 48.6. The van der Waals surface area contributed by atoms with Gasteiger partial charge in [0.1, 0.15) is 0 Å². The van der Waals surface area contributed by atoms with E-state index in [0.717, 1.165) is 13.1 Å². The third-order valence-corrected chi connectivity index (χ3v) is 0.956. The van der Waals surface area contributed by atoms with Gasteiger partial charge in [0.15, 0.2) is 0 Å². The Morgan fingerprint density at radius 2 is 1.19 bits per heavy atom. The maximum atomic E-state index is 8.33. The fourth-order valence-corrected chi connectivity index (χ4v) is 0.523.